The van der Waals surface area contributed by atoms with Crippen LogP contribution in [0.25, 0.3) is 0 Å². The van der Waals surface area contributed by atoms with E-state index in [0.29, 0.717) is 0 Å². The van der Waals surface area contributed by atoms with Crippen molar-refractivity contribution in [2.45, 2.75) is 3.98 Å². The van der Waals surface area contributed by atoms with Crippen LogP contribution >= 0.6 is 34.8 Å². The molecule has 0 N–H and O–H groups in total. The third-order valence-electron chi connectivity index (χ3n) is 2.44. The van der Waals surface area contributed by atoms with Gasteiger partial charge in [0.2, 0.25) is 5.41 Å². The fourth-order valence-electron chi connectivity index (χ4n) is 1.56. The molecule has 0 radical (unpaired) electrons. The molecule has 0 atom stereocenters. The lowest BCUT2D eigenvalue weighted by Crippen LogP contribution is -2.51. The van der Waals surface area contributed by atoms with Gasteiger partial charge in [0, 0.05) is 21.3 Å². The van der Waals surface area contributed by atoms with Crippen LogP contribution in [-0.4, -0.2) is 39.5 Å². The molecule has 112 valence electrons. The summed E-state index contributed by atoms with van der Waals surface area (Å²) < 4.78 is 18.5. The second-order valence-electron chi connectivity index (χ2n) is 3.54. The standard InChI is InChI=1S/C11H13Cl3O5Si/c1-16-20(17-2,18-3)10(15)8-6-4-5-7-9(8)19-11(12,13)14/h4-7H,1-3H3. The molecule has 1 rings (SSSR count). The smallest absolute Gasteiger partial charge is 0.445 e. The molecular weight excluding hydrogens is 347 g/mol. The quantitative estimate of drug-likeness (QED) is 0.577. The maximum Gasteiger partial charge on any atom is 0.579 e. The van der Waals surface area contributed by atoms with Gasteiger partial charge in [0.25, 0.3) is 0 Å². The van der Waals surface area contributed by atoms with Gasteiger partial charge in [-0.3, -0.25) is 4.79 Å². The highest BCUT2D eigenvalue weighted by molar-refractivity contribution is 6.95. The molecular formula is C11H13Cl3O5Si. The fourth-order valence-corrected chi connectivity index (χ4v) is 3.40. The minimum absolute atomic E-state index is 0.0977. The predicted molar refractivity (Wildman–Crippen MR) is 78.5 cm³/mol. The van der Waals surface area contributed by atoms with E-state index in [9.17, 15) is 4.79 Å². The lowest BCUT2D eigenvalue weighted by Gasteiger charge is -2.24. The number of carbonyl (C=O) groups excluding carboxylic acids is 1. The van der Waals surface area contributed by atoms with Crippen molar-refractivity contribution < 1.29 is 22.8 Å². The minimum atomic E-state index is -3.52. The topological polar surface area (TPSA) is 54.0 Å². The van der Waals surface area contributed by atoms with E-state index in [1.54, 1.807) is 12.1 Å². The van der Waals surface area contributed by atoms with Crippen LogP contribution < -0.4 is 4.74 Å². The first kappa shape index (κ1) is 17.7. The Kier molecular flexibility index (Phi) is 6.27. The van der Waals surface area contributed by atoms with Gasteiger partial charge in [0.15, 0.2) is 0 Å². The molecule has 0 bridgehead atoms. The summed E-state index contributed by atoms with van der Waals surface area (Å²) in [6.45, 7) is 0. The first-order valence-electron chi connectivity index (χ1n) is 5.34. The molecule has 1 aromatic rings. The summed E-state index contributed by atoms with van der Waals surface area (Å²) in [5, 5.41) is -0.491. The van der Waals surface area contributed by atoms with E-state index in [-0.39, 0.29) is 11.3 Å². The van der Waals surface area contributed by atoms with Crippen LogP contribution in [0.1, 0.15) is 10.4 Å². The number of hydrogen-bond donors (Lipinski definition) is 0. The van der Waals surface area contributed by atoms with Crippen molar-refractivity contribution in [3.63, 3.8) is 0 Å². The van der Waals surface area contributed by atoms with Crippen LogP contribution in [0.5, 0.6) is 5.75 Å². The molecule has 9 heteroatoms. The van der Waals surface area contributed by atoms with Gasteiger partial charge in [-0.15, -0.1) is 0 Å². The van der Waals surface area contributed by atoms with Crippen LogP contribution in [0.3, 0.4) is 0 Å². The molecule has 0 fully saturated rings. The lowest BCUT2D eigenvalue weighted by molar-refractivity contribution is 0.0788. The van der Waals surface area contributed by atoms with Crippen molar-refractivity contribution >= 4 is 49.0 Å². The summed E-state index contributed by atoms with van der Waals surface area (Å²) in [7, 11) is 0.470. The molecule has 0 aliphatic heterocycles. The molecule has 0 saturated heterocycles. The monoisotopic (exact) mass is 358 g/mol. The zero-order valence-electron chi connectivity index (χ0n) is 11.0. The van der Waals surface area contributed by atoms with Gasteiger partial charge in [0.05, 0.1) is 5.56 Å². The van der Waals surface area contributed by atoms with Gasteiger partial charge in [-0.25, -0.2) is 0 Å². The largest absolute Gasteiger partial charge is 0.579 e. The molecule has 0 aliphatic carbocycles. The summed E-state index contributed by atoms with van der Waals surface area (Å²) in [5.41, 5.74) is 0.149. The predicted octanol–water partition coefficient (Wildman–Crippen LogP) is 2.99. The number of alkyl halides is 3. The van der Waals surface area contributed by atoms with Crippen LogP contribution in [0.15, 0.2) is 24.3 Å². The number of ether oxygens (including phenoxy) is 1. The molecule has 0 amide bonds. The van der Waals surface area contributed by atoms with E-state index in [4.69, 9.17) is 52.8 Å². The average Bonchev–Trinajstić information content (AvgIpc) is 2.40. The molecule has 0 aliphatic rings. The Balaban J connectivity index is 3.22. The van der Waals surface area contributed by atoms with Crippen molar-refractivity contribution in [1.82, 2.24) is 0 Å². The Morgan fingerprint density at radius 2 is 1.55 bits per heavy atom. The first-order chi connectivity index (χ1) is 9.29. The second kappa shape index (κ2) is 7.08. The Hall–Kier alpha value is -0.343. The highest BCUT2D eigenvalue weighted by atomic mass is 35.6. The summed E-state index contributed by atoms with van der Waals surface area (Å²) in [4.78, 5) is 12.5. The van der Waals surface area contributed by atoms with E-state index in [1.165, 1.54) is 33.5 Å². The molecule has 0 heterocycles. The molecule has 5 nitrogen and oxygen atoms in total. The van der Waals surface area contributed by atoms with Crippen LogP contribution in [0.2, 0.25) is 0 Å². The Morgan fingerprint density at radius 3 is 2.00 bits per heavy atom. The molecule has 0 spiro atoms. The third-order valence-corrected chi connectivity index (χ3v) is 5.11. The van der Waals surface area contributed by atoms with Gasteiger partial charge < -0.3 is 18.0 Å². The van der Waals surface area contributed by atoms with Crippen molar-refractivity contribution in [2.24, 2.45) is 0 Å². The summed E-state index contributed by atoms with van der Waals surface area (Å²) in [6.07, 6.45) is 0. The van der Waals surface area contributed by atoms with Crippen LogP contribution in [0, 0.1) is 0 Å². The minimum Gasteiger partial charge on any atom is -0.445 e. The SMILES string of the molecule is CO[Si](OC)(OC)C(=O)c1ccccc1OC(Cl)(Cl)Cl. The zero-order valence-corrected chi connectivity index (χ0v) is 14.3. The van der Waals surface area contributed by atoms with Gasteiger partial charge in [-0.05, 0) is 46.9 Å². The zero-order chi connectivity index (χ0) is 15.4. The normalized spacial score (nSPS) is 12.3. The molecule has 0 aromatic heterocycles. The van der Waals surface area contributed by atoms with E-state index < -0.39 is 18.2 Å². The lowest BCUT2D eigenvalue weighted by atomic mass is 10.2. The number of rotatable bonds is 6. The van der Waals surface area contributed by atoms with Crippen LogP contribution in [-0.2, 0) is 13.3 Å². The Morgan fingerprint density at radius 1 is 1.05 bits per heavy atom. The summed E-state index contributed by atoms with van der Waals surface area (Å²) in [6, 6.07) is 6.28. The second-order valence-corrected chi connectivity index (χ2v) is 8.51. The van der Waals surface area contributed by atoms with Crippen molar-refractivity contribution in [2.75, 3.05) is 21.3 Å². The number of benzene rings is 1. The van der Waals surface area contributed by atoms with E-state index in [0.717, 1.165) is 0 Å². The molecule has 0 saturated carbocycles. The van der Waals surface area contributed by atoms with E-state index in [1.807, 2.05) is 0 Å². The number of hydrogen-bond acceptors (Lipinski definition) is 5. The van der Waals surface area contributed by atoms with Gasteiger partial charge >= 0.3 is 12.8 Å². The van der Waals surface area contributed by atoms with Crippen LogP contribution in [0.4, 0.5) is 0 Å². The molecule has 1 aromatic carbocycles. The van der Waals surface area contributed by atoms with Gasteiger partial charge in [-0.2, -0.15) is 0 Å². The van der Waals surface area contributed by atoms with E-state index >= 15 is 0 Å². The fraction of sp³-hybridized carbons (Fsp3) is 0.364. The highest BCUT2D eigenvalue weighted by Crippen LogP contribution is 2.33. The van der Waals surface area contributed by atoms with E-state index in [2.05, 4.69) is 0 Å². The Labute approximate surface area is 133 Å². The summed E-state index contributed by atoms with van der Waals surface area (Å²) in [5.74, 6) is 0.0977. The van der Waals surface area contributed by atoms with Crippen molar-refractivity contribution in [1.29, 1.82) is 0 Å². The van der Waals surface area contributed by atoms with Gasteiger partial charge in [-0.1, -0.05) is 12.1 Å². The van der Waals surface area contributed by atoms with Crippen molar-refractivity contribution in [3.05, 3.63) is 29.8 Å². The maximum atomic E-state index is 12.5. The van der Waals surface area contributed by atoms with Crippen molar-refractivity contribution in [3.8, 4) is 5.75 Å². The average molecular weight is 360 g/mol. The maximum absolute atomic E-state index is 12.5. The number of carbonyl (C=O) groups is 1. The number of halogens is 3. The summed E-state index contributed by atoms with van der Waals surface area (Å²) >= 11 is 16.7. The molecule has 20 heavy (non-hydrogen) atoms. The Bertz CT molecular complexity index is 465. The van der Waals surface area contributed by atoms with Gasteiger partial charge in [0.1, 0.15) is 5.75 Å². The highest BCUT2D eigenvalue weighted by Gasteiger charge is 2.49. The first-order valence-corrected chi connectivity index (χ1v) is 8.20. The number of para-hydroxylation sites is 1. The molecule has 0 unspecified atom stereocenters. The third kappa shape index (κ3) is 4.08.